The average molecular weight is 503 g/mol. The van der Waals surface area contributed by atoms with E-state index in [1.807, 2.05) is 6.08 Å². The lowest BCUT2D eigenvalue weighted by atomic mass is 9.51. The Morgan fingerprint density at radius 1 is 0.946 bits per heavy atom. The maximum atomic E-state index is 14.2. The fourth-order valence-electron chi connectivity index (χ4n) is 7.13. The molecule has 2 heterocycles. The van der Waals surface area contributed by atoms with Crippen LogP contribution in [-0.2, 0) is 19.2 Å². The highest BCUT2D eigenvalue weighted by molar-refractivity contribution is 6.24. The average Bonchev–Trinajstić information content (AvgIpc) is 3.24. The number of carbonyl (C=O) groups is 4. The van der Waals surface area contributed by atoms with Gasteiger partial charge in [0.25, 0.3) is 11.8 Å². The van der Waals surface area contributed by atoms with Gasteiger partial charge in [-0.2, -0.15) is 5.06 Å². The fraction of sp³-hybridized carbons (Fsp3) is 0.357. The first kappa shape index (κ1) is 23.4. The molecule has 2 aliphatic heterocycles. The van der Waals surface area contributed by atoms with E-state index in [0.717, 1.165) is 0 Å². The standard InChI is InChI=1S/C28H26N2O7/c1-28-18(25(33)29(27(28)35)14-7-4-3-5-8-14)13-17-15(11-12-16-21(17)26(34)30(36)24(16)32)23(28)22-19(31)9-6-10-20(22)37-2/h3-11,16-18,21,23,31,36H,12-13H2,1-2H3/t16-,17+,18-,21-,23+,28+/m0/s1. The van der Waals surface area contributed by atoms with Gasteiger partial charge in [-0.15, -0.1) is 0 Å². The molecule has 2 saturated heterocycles. The SMILES string of the molecule is COc1cccc(O)c1[C@H]1C2=CC[C@@H]3C(=O)N(O)C(=O)[C@@H]3[C@@H]2C[C@H]2C(=O)N(c3ccccc3)C(=O)[C@@]12C. The Morgan fingerprint density at radius 2 is 1.68 bits per heavy atom. The summed E-state index contributed by atoms with van der Waals surface area (Å²) >= 11 is 0. The number of ether oxygens (including phenoxy) is 1. The molecule has 2 aliphatic carbocycles. The van der Waals surface area contributed by atoms with Crippen molar-refractivity contribution in [1.29, 1.82) is 0 Å². The quantitative estimate of drug-likeness (QED) is 0.376. The van der Waals surface area contributed by atoms with Gasteiger partial charge in [-0.25, -0.2) is 4.90 Å². The van der Waals surface area contributed by atoms with Crippen molar-refractivity contribution >= 4 is 29.3 Å². The maximum Gasteiger partial charge on any atom is 0.257 e. The van der Waals surface area contributed by atoms with Crippen molar-refractivity contribution < 1.29 is 34.2 Å². The summed E-state index contributed by atoms with van der Waals surface area (Å²) in [5.41, 5.74) is 0.214. The number of benzene rings is 2. The molecule has 3 fully saturated rings. The van der Waals surface area contributed by atoms with Gasteiger partial charge in [0.15, 0.2) is 0 Å². The van der Waals surface area contributed by atoms with E-state index in [9.17, 15) is 29.5 Å². The Bertz CT molecular complexity index is 1390. The summed E-state index contributed by atoms with van der Waals surface area (Å²) in [6, 6.07) is 13.5. The predicted octanol–water partition coefficient (Wildman–Crippen LogP) is 3.02. The first-order chi connectivity index (χ1) is 17.7. The summed E-state index contributed by atoms with van der Waals surface area (Å²) in [4.78, 5) is 55.0. The molecule has 6 atom stereocenters. The Balaban J connectivity index is 1.59. The first-order valence-corrected chi connectivity index (χ1v) is 12.3. The highest BCUT2D eigenvalue weighted by Crippen LogP contribution is 2.65. The normalized spacial score (nSPS) is 32.7. The van der Waals surface area contributed by atoms with E-state index >= 15 is 0 Å². The number of phenolic OH excluding ortho intramolecular Hbond substituents is 1. The van der Waals surface area contributed by atoms with Gasteiger partial charge in [-0.3, -0.25) is 24.4 Å². The first-order valence-electron chi connectivity index (χ1n) is 12.3. The van der Waals surface area contributed by atoms with Crippen molar-refractivity contribution in [2.24, 2.45) is 29.1 Å². The van der Waals surface area contributed by atoms with Crippen molar-refractivity contribution in [3.05, 3.63) is 65.7 Å². The summed E-state index contributed by atoms with van der Waals surface area (Å²) in [5.74, 6) is -5.68. The van der Waals surface area contributed by atoms with Crippen LogP contribution in [0.2, 0.25) is 0 Å². The molecule has 2 N–H and O–H groups in total. The highest BCUT2D eigenvalue weighted by atomic mass is 16.5. The molecule has 190 valence electrons. The van der Waals surface area contributed by atoms with Crippen LogP contribution in [0.1, 0.15) is 31.2 Å². The number of anilines is 1. The minimum absolute atomic E-state index is 0.0935. The van der Waals surface area contributed by atoms with E-state index < -0.39 is 58.6 Å². The molecule has 6 rings (SSSR count). The van der Waals surface area contributed by atoms with Gasteiger partial charge in [0.2, 0.25) is 11.8 Å². The molecule has 2 aromatic carbocycles. The van der Waals surface area contributed by atoms with Crippen LogP contribution in [-0.4, -0.2) is 46.1 Å². The third-order valence-corrected chi connectivity index (χ3v) is 8.82. The number of aromatic hydroxyl groups is 1. The highest BCUT2D eigenvalue weighted by Gasteiger charge is 2.68. The second-order valence-corrected chi connectivity index (χ2v) is 10.4. The Labute approximate surface area is 212 Å². The molecule has 4 aliphatic rings. The number of amides is 4. The van der Waals surface area contributed by atoms with Gasteiger partial charge in [0.1, 0.15) is 11.5 Å². The summed E-state index contributed by atoms with van der Waals surface area (Å²) in [6.45, 7) is 1.74. The van der Waals surface area contributed by atoms with Gasteiger partial charge in [0.05, 0.1) is 36.0 Å². The lowest BCUT2D eigenvalue weighted by Gasteiger charge is -2.49. The zero-order valence-electron chi connectivity index (χ0n) is 20.3. The Morgan fingerprint density at radius 3 is 2.38 bits per heavy atom. The minimum atomic E-state index is -1.29. The summed E-state index contributed by atoms with van der Waals surface area (Å²) in [6.07, 6.45) is 2.21. The van der Waals surface area contributed by atoms with Crippen LogP contribution in [0.5, 0.6) is 11.5 Å². The molecule has 2 aromatic rings. The molecule has 37 heavy (non-hydrogen) atoms. The molecule has 9 heteroatoms. The van der Waals surface area contributed by atoms with E-state index in [-0.39, 0.29) is 23.7 Å². The Kier molecular flexibility index (Phi) is 5.07. The molecule has 0 bridgehead atoms. The number of imide groups is 2. The molecule has 1 saturated carbocycles. The van der Waals surface area contributed by atoms with Crippen molar-refractivity contribution in [2.45, 2.75) is 25.7 Å². The molecule has 9 nitrogen and oxygen atoms in total. The van der Waals surface area contributed by atoms with E-state index in [1.165, 1.54) is 18.1 Å². The summed E-state index contributed by atoms with van der Waals surface area (Å²) in [5, 5.41) is 21.4. The maximum absolute atomic E-state index is 14.2. The second-order valence-electron chi connectivity index (χ2n) is 10.4. The van der Waals surface area contributed by atoms with Crippen LogP contribution in [0.25, 0.3) is 0 Å². The van der Waals surface area contributed by atoms with Crippen molar-refractivity contribution in [1.82, 2.24) is 5.06 Å². The molecule has 4 amide bonds. The number of methoxy groups -OCH3 is 1. The number of hydroxylamine groups is 2. The number of rotatable bonds is 3. The van der Waals surface area contributed by atoms with Crippen LogP contribution >= 0.6 is 0 Å². The number of phenols is 1. The third kappa shape index (κ3) is 2.94. The van der Waals surface area contributed by atoms with Crippen molar-refractivity contribution in [3.8, 4) is 11.5 Å². The number of para-hydroxylation sites is 1. The number of fused-ring (bicyclic) bond motifs is 4. The molecular formula is C28H26N2O7. The second kappa shape index (κ2) is 8.01. The van der Waals surface area contributed by atoms with Crippen molar-refractivity contribution in [2.75, 3.05) is 12.0 Å². The van der Waals surface area contributed by atoms with Gasteiger partial charge in [-0.1, -0.05) is 35.9 Å². The number of hydrogen-bond donors (Lipinski definition) is 2. The van der Waals surface area contributed by atoms with Gasteiger partial charge in [0, 0.05) is 11.5 Å². The molecule has 0 spiro atoms. The molecule has 0 aromatic heterocycles. The van der Waals surface area contributed by atoms with Crippen LogP contribution < -0.4 is 9.64 Å². The summed E-state index contributed by atoms with van der Waals surface area (Å²) < 4.78 is 5.60. The number of carbonyl (C=O) groups excluding carboxylic acids is 4. The van der Waals surface area contributed by atoms with E-state index in [2.05, 4.69) is 0 Å². The van der Waals surface area contributed by atoms with Gasteiger partial charge >= 0.3 is 0 Å². The van der Waals surface area contributed by atoms with E-state index in [4.69, 9.17) is 4.74 Å². The van der Waals surface area contributed by atoms with Crippen LogP contribution in [0.15, 0.2) is 60.2 Å². The zero-order valence-corrected chi connectivity index (χ0v) is 20.3. The number of nitrogens with zero attached hydrogens (tertiary/aromatic N) is 2. The largest absolute Gasteiger partial charge is 0.508 e. The zero-order chi connectivity index (χ0) is 26.2. The van der Waals surface area contributed by atoms with Crippen LogP contribution in [0, 0.1) is 29.1 Å². The smallest absolute Gasteiger partial charge is 0.257 e. The van der Waals surface area contributed by atoms with Crippen molar-refractivity contribution in [3.63, 3.8) is 0 Å². The molecule has 0 radical (unpaired) electrons. The minimum Gasteiger partial charge on any atom is -0.508 e. The number of allylic oxidation sites excluding steroid dienone is 2. The third-order valence-electron chi connectivity index (χ3n) is 8.82. The summed E-state index contributed by atoms with van der Waals surface area (Å²) in [7, 11) is 1.46. The molecular weight excluding hydrogens is 476 g/mol. The molecule has 0 unspecified atom stereocenters. The number of hydrogen-bond acceptors (Lipinski definition) is 7. The topological polar surface area (TPSA) is 124 Å². The fourth-order valence-corrected chi connectivity index (χ4v) is 7.13. The van der Waals surface area contributed by atoms with Crippen LogP contribution in [0.3, 0.4) is 0 Å². The van der Waals surface area contributed by atoms with Gasteiger partial charge in [-0.05, 0) is 49.9 Å². The van der Waals surface area contributed by atoms with Gasteiger partial charge < -0.3 is 9.84 Å². The van der Waals surface area contributed by atoms with Crippen LogP contribution in [0.4, 0.5) is 5.69 Å². The van der Waals surface area contributed by atoms with E-state index in [0.29, 0.717) is 22.6 Å². The Hall–Kier alpha value is -3.98. The van der Waals surface area contributed by atoms with E-state index in [1.54, 1.807) is 49.4 Å². The lowest BCUT2D eigenvalue weighted by molar-refractivity contribution is -0.173. The predicted molar refractivity (Wildman–Crippen MR) is 129 cm³/mol. The lowest BCUT2D eigenvalue weighted by Crippen LogP contribution is -2.49. The monoisotopic (exact) mass is 502 g/mol.